The molecule has 0 atom stereocenters. The van der Waals surface area contributed by atoms with Gasteiger partial charge in [-0.25, -0.2) is 4.39 Å². The summed E-state index contributed by atoms with van der Waals surface area (Å²) in [5.74, 6) is 5.79. The summed E-state index contributed by atoms with van der Waals surface area (Å²) in [5, 5.41) is 0. The van der Waals surface area contributed by atoms with Crippen molar-refractivity contribution in [3.8, 4) is 11.8 Å². The Hall–Kier alpha value is -2.07. The molecule has 0 radical (unpaired) electrons. The van der Waals surface area contributed by atoms with E-state index in [-0.39, 0.29) is 5.82 Å². The van der Waals surface area contributed by atoms with Gasteiger partial charge < -0.3 is 0 Å². The molecule has 0 fully saturated rings. The van der Waals surface area contributed by atoms with Crippen molar-refractivity contribution in [2.24, 2.45) is 0 Å². The highest BCUT2D eigenvalue weighted by atomic mass is 19.1. The van der Waals surface area contributed by atoms with Gasteiger partial charge in [-0.2, -0.15) is 0 Å². The molecule has 0 aliphatic rings. The predicted octanol–water partition coefficient (Wildman–Crippen LogP) is 3.84. The average Bonchev–Trinajstić information content (AvgIpc) is 2.32. The van der Waals surface area contributed by atoms with Gasteiger partial charge in [-0.05, 0) is 43.7 Å². The lowest BCUT2D eigenvalue weighted by molar-refractivity contribution is 0.627. The molecule has 0 aliphatic heterocycles. The van der Waals surface area contributed by atoms with Gasteiger partial charge in [0.25, 0.3) is 0 Å². The lowest BCUT2D eigenvalue weighted by atomic mass is 10.1. The maximum Gasteiger partial charge on any atom is 0.124 e. The van der Waals surface area contributed by atoms with Gasteiger partial charge in [-0.3, -0.25) is 0 Å². The van der Waals surface area contributed by atoms with E-state index in [1.165, 1.54) is 17.7 Å². The van der Waals surface area contributed by atoms with Crippen LogP contribution in [0.4, 0.5) is 4.39 Å². The Bertz CT molecular complexity index is 583. The number of hydrogen-bond acceptors (Lipinski definition) is 0. The molecule has 0 nitrogen and oxygen atoms in total. The van der Waals surface area contributed by atoms with E-state index in [1.54, 1.807) is 6.07 Å². The normalized spacial score (nSPS) is 9.59. The smallest absolute Gasteiger partial charge is 0.124 e. The quantitative estimate of drug-likeness (QED) is 0.596. The summed E-state index contributed by atoms with van der Waals surface area (Å²) in [7, 11) is 0. The highest BCUT2D eigenvalue weighted by Crippen LogP contribution is 2.09. The molecule has 2 rings (SSSR count). The van der Waals surface area contributed by atoms with Crippen LogP contribution < -0.4 is 0 Å². The van der Waals surface area contributed by atoms with E-state index >= 15 is 0 Å². The molecule has 0 N–H and O–H groups in total. The Labute approximate surface area is 101 Å². The largest absolute Gasteiger partial charge is 0.207 e. The van der Waals surface area contributed by atoms with E-state index in [4.69, 9.17) is 0 Å². The SMILES string of the molecule is Cc1ccc(C#Cc2cc(F)ccc2C)cc1. The van der Waals surface area contributed by atoms with Crippen LogP contribution in [0.3, 0.4) is 0 Å². The van der Waals surface area contributed by atoms with E-state index in [2.05, 4.69) is 11.8 Å². The minimum Gasteiger partial charge on any atom is -0.207 e. The summed E-state index contributed by atoms with van der Waals surface area (Å²) in [4.78, 5) is 0. The molecule has 0 saturated carbocycles. The van der Waals surface area contributed by atoms with Crippen molar-refractivity contribution < 1.29 is 4.39 Å². The van der Waals surface area contributed by atoms with Gasteiger partial charge in [0.05, 0.1) is 0 Å². The minimum absolute atomic E-state index is 0.246. The molecule has 0 saturated heterocycles. The fourth-order valence-corrected chi connectivity index (χ4v) is 1.51. The van der Waals surface area contributed by atoms with Crippen molar-refractivity contribution in [2.75, 3.05) is 0 Å². The Morgan fingerprint density at radius 2 is 1.59 bits per heavy atom. The first-order valence-corrected chi connectivity index (χ1v) is 5.50. The number of halogens is 1. The third kappa shape index (κ3) is 2.95. The first-order chi connectivity index (χ1) is 8.15. The van der Waals surface area contributed by atoms with Crippen LogP contribution in [0.1, 0.15) is 22.3 Å². The third-order valence-electron chi connectivity index (χ3n) is 2.59. The monoisotopic (exact) mass is 224 g/mol. The van der Waals surface area contributed by atoms with Crippen LogP contribution in [-0.4, -0.2) is 0 Å². The summed E-state index contributed by atoms with van der Waals surface area (Å²) in [6.45, 7) is 3.96. The lowest BCUT2D eigenvalue weighted by Gasteiger charge is -1.97. The van der Waals surface area contributed by atoms with Crippen LogP contribution in [0.5, 0.6) is 0 Å². The Kier molecular flexibility index (Phi) is 3.25. The van der Waals surface area contributed by atoms with E-state index in [0.29, 0.717) is 0 Å². The molecule has 84 valence electrons. The van der Waals surface area contributed by atoms with Gasteiger partial charge in [-0.15, -0.1) is 0 Å². The molecule has 0 amide bonds. The van der Waals surface area contributed by atoms with Crippen LogP contribution >= 0.6 is 0 Å². The molecule has 2 aromatic rings. The second kappa shape index (κ2) is 4.84. The number of aryl methyl sites for hydroxylation is 2. The Morgan fingerprint density at radius 3 is 2.29 bits per heavy atom. The zero-order valence-corrected chi connectivity index (χ0v) is 9.92. The molecule has 0 unspecified atom stereocenters. The summed E-state index contributed by atoms with van der Waals surface area (Å²) in [6.07, 6.45) is 0. The van der Waals surface area contributed by atoms with Crippen molar-refractivity contribution in [2.45, 2.75) is 13.8 Å². The van der Waals surface area contributed by atoms with Crippen molar-refractivity contribution in [3.63, 3.8) is 0 Å². The second-order valence-electron chi connectivity index (χ2n) is 4.08. The van der Waals surface area contributed by atoms with Gasteiger partial charge >= 0.3 is 0 Å². The molecule has 2 aromatic carbocycles. The maximum absolute atomic E-state index is 13.1. The second-order valence-corrected chi connectivity index (χ2v) is 4.08. The van der Waals surface area contributed by atoms with E-state index < -0.39 is 0 Å². The Morgan fingerprint density at radius 1 is 0.882 bits per heavy atom. The first kappa shape index (κ1) is 11.4. The highest BCUT2D eigenvalue weighted by Gasteiger charge is 1.96. The van der Waals surface area contributed by atoms with E-state index in [9.17, 15) is 4.39 Å². The molecule has 17 heavy (non-hydrogen) atoms. The first-order valence-electron chi connectivity index (χ1n) is 5.50. The van der Waals surface area contributed by atoms with Gasteiger partial charge in [0, 0.05) is 11.1 Å². The average molecular weight is 224 g/mol. The number of hydrogen-bond donors (Lipinski definition) is 0. The van der Waals surface area contributed by atoms with Gasteiger partial charge in [0.2, 0.25) is 0 Å². The summed E-state index contributed by atoms with van der Waals surface area (Å²) in [6, 6.07) is 12.6. The van der Waals surface area contributed by atoms with Crippen LogP contribution in [0, 0.1) is 31.5 Å². The zero-order valence-electron chi connectivity index (χ0n) is 9.92. The molecule has 0 aliphatic carbocycles. The molecule has 0 bridgehead atoms. The van der Waals surface area contributed by atoms with Gasteiger partial charge in [-0.1, -0.05) is 35.6 Å². The highest BCUT2D eigenvalue weighted by molar-refractivity contribution is 5.46. The van der Waals surface area contributed by atoms with Gasteiger partial charge in [0.15, 0.2) is 0 Å². The van der Waals surface area contributed by atoms with Crippen molar-refractivity contribution in [1.29, 1.82) is 0 Å². The molecule has 0 spiro atoms. The standard InChI is InChI=1S/C16H13F/c1-12-3-6-14(7-4-12)8-9-15-11-16(17)10-5-13(15)2/h3-7,10-11H,1-2H3. The number of benzene rings is 2. The maximum atomic E-state index is 13.1. The molecule has 1 heteroatoms. The van der Waals surface area contributed by atoms with Crippen molar-refractivity contribution >= 4 is 0 Å². The molecule has 0 aromatic heterocycles. The summed E-state index contributed by atoms with van der Waals surface area (Å²) in [5.41, 5.74) is 3.88. The summed E-state index contributed by atoms with van der Waals surface area (Å²) < 4.78 is 13.1. The van der Waals surface area contributed by atoms with E-state index in [1.807, 2.05) is 38.1 Å². The van der Waals surface area contributed by atoms with Crippen molar-refractivity contribution in [3.05, 3.63) is 70.5 Å². The molecular formula is C16H13F. The molecule has 0 heterocycles. The minimum atomic E-state index is -0.246. The van der Waals surface area contributed by atoms with Crippen molar-refractivity contribution in [1.82, 2.24) is 0 Å². The van der Waals surface area contributed by atoms with Crippen LogP contribution in [0.25, 0.3) is 0 Å². The van der Waals surface area contributed by atoms with Gasteiger partial charge in [0.1, 0.15) is 5.82 Å². The van der Waals surface area contributed by atoms with E-state index in [0.717, 1.165) is 16.7 Å². The number of rotatable bonds is 0. The van der Waals surface area contributed by atoms with Crippen LogP contribution in [-0.2, 0) is 0 Å². The van der Waals surface area contributed by atoms with Crippen LogP contribution in [0.2, 0.25) is 0 Å². The zero-order chi connectivity index (χ0) is 12.3. The molecular weight excluding hydrogens is 211 g/mol. The fraction of sp³-hybridized carbons (Fsp3) is 0.125. The topological polar surface area (TPSA) is 0 Å². The predicted molar refractivity (Wildman–Crippen MR) is 68.3 cm³/mol. The Balaban J connectivity index is 2.32. The fourth-order valence-electron chi connectivity index (χ4n) is 1.51. The summed E-state index contributed by atoms with van der Waals surface area (Å²) >= 11 is 0. The third-order valence-corrected chi connectivity index (χ3v) is 2.59. The lowest BCUT2D eigenvalue weighted by Crippen LogP contribution is -1.84. The van der Waals surface area contributed by atoms with Crippen LogP contribution in [0.15, 0.2) is 42.5 Å².